The van der Waals surface area contributed by atoms with E-state index in [1.807, 2.05) is 14.1 Å². The highest BCUT2D eigenvalue weighted by Crippen LogP contribution is 2.36. The maximum absolute atomic E-state index is 14.3. The van der Waals surface area contributed by atoms with E-state index in [1.165, 1.54) is 6.07 Å². The lowest BCUT2D eigenvalue weighted by Gasteiger charge is -2.17. The highest BCUT2D eigenvalue weighted by atomic mass is 79.9. The van der Waals surface area contributed by atoms with Gasteiger partial charge in [0, 0.05) is 23.2 Å². The molecule has 30 heavy (non-hydrogen) atoms. The Morgan fingerprint density at radius 2 is 1.97 bits per heavy atom. The van der Waals surface area contributed by atoms with Crippen LogP contribution in [0.4, 0.5) is 15.8 Å². The first-order valence-corrected chi connectivity index (χ1v) is 10.3. The van der Waals surface area contributed by atoms with Crippen molar-refractivity contribution in [1.82, 2.24) is 4.90 Å². The van der Waals surface area contributed by atoms with E-state index in [0.717, 1.165) is 19.4 Å². The van der Waals surface area contributed by atoms with Gasteiger partial charge in [-0.3, -0.25) is 9.98 Å². The molecule has 6 nitrogen and oxygen atoms in total. The Bertz CT molecular complexity index is 903. The molecule has 0 aromatic heterocycles. The zero-order chi connectivity index (χ0) is 22.1. The minimum absolute atomic E-state index is 0.300. The van der Waals surface area contributed by atoms with Crippen molar-refractivity contribution >= 4 is 39.9 Å². The van der Waals surface area contributed by atoms with Crippen LogP contribution in [0.15, 0.2) is 44.8 Å². The molecule has 0 aliphatic rings. The summed E-state index contributed by atoms with van der Waals surface area (Å²) in [6, 6.07) is 8.30. The molecule has 0 saturated carbocycles. The number of amidine groups is 1. The molecule has 2 aromatic carbocycles. The molecule has 2 aromatic rings. The lowest BCUT2D eigenvalue weighted by atomic mass is 10.1. The fourth-order valence-electron chi connectivity index (χ4n) is 2.82. The second-order valence-corrected chi connectivity index (χ2v) is 7.77. The summed E-state index contributed by atoms with van der Waals surface area (Å²) in [6.07, 6.45) is 1.96. The molecule has 0 heterocycles. The molecule has 0 aliphatic carbocycles. The van der Waals surface area contributed by atoms with Crippen LogP contribution in [0.1, 0.15) is 18.4 Å². The van der Waals surface area contributed by atoms with Gasteiger partial charge in [-0.05, 0) is 64.5 Å². The van der Waals surface area contributed by atoms with Crippen molar-refractivity contribution < 1.29 is 13.9 Å². The van der Waals surface area contributed by atoms with Gasteiger partial charge in [-0.15, -0.1) is 0 Å². The molecule has 0 atom stereocenters. The first-order chi connectivity index (χ1) is 14.4. The Balaban J connectivity index is 2.25. The number of nitrogens with one attached hydrogen (secondary N) is 1. The first-order valence-electron chi connectivity index (χ1n) is 9.55. The van der Waals surface area contributed by atoms with Crippen LogP contribution in [0.25, 0.3) is 0 Å². The third-order valence-electron chi connectivity index (χ3n) is 4.37. The van der Waals surface area contributed by atoms with E-state index in [1.54, 1.807) is 38.4 Å². The summed E-state index contributed by atoms with van der Waals surface area (Å²) in [5, 5.41) is 3.02. The summed E-state index contributed by atoms with van der Waals surface area (Å²) in [7, 11) is 7.29. The monoisotopic (exact) mass is 478 g/mol. The molecule has 0 spiro atoms. The van der Waals surface area contributed by atoms with Gasteiger partial charge in [-0.1, -0.05) is 15.9 Å². The Labute approximate surface area is 185 Å². The molecule has 0 aliphatic heterocycles. The summed E-state index contributed by atoms with van der Waals surface area (Å²) in [6.45, 7) is 5.23. The number of benzene rings is 2. The third kappa shape index (κ3) is 6.53. The van der Waals surface area contributed by atoms with Crippen LogP contribution in [-0.4, -0.2) is 58.9 Å². The Kier molecular flexibility index (Phi) is 9.26. The molecule has 1 N–H and O–H groups in total. The Hall–Kier alpha value is -2.45. The molecule has 162 valence electrons. The van der Waals surface area contributed by atoms with E-state index >= 15 is 0 Å². The van der Waals surface area contributed by atoms with Crippen molar-refractivity contribution in [2.45, 2.75) is 12.8 Å². The quantitative estimate of drug-likeness (QED) is 0.291. The van der Waals surface area contributed by atoms with Crippen molar-refractivity contribution in [3.63, 3.8) is 0 Å². The minimum atomic E-state index is -0.400. The van der Waals surface area contributed by atoms with Crippen molar-refractivity contribution in [3.8, 4) is 11.5 Å². The van der Waals surface area contributed by atoms with Gasteiger partial charge in [0.25, 0.3) is 0 Å². The van der Waals surface area contributed by atoms with Gasteiger partial charge >= 0.3 is 0 Å². The summed E-state index contributed by atoms with van der Waals surface area (Å²) >= 11 is 3.26. The van der Waals surface area contributed by atoms with E-state index in [0.29, 0.717) is 45.4 Å². The van der Waals surface area contributed by atoms with Gasteiger partial charge < -0.3 is 19.7 Å². The zero-order valence-corrected chi connectivity index (χ0v) is 19.4. The minimum Gasteiger partial charge on any atom is -0.493 e. The number of methoxy groups -OCH3 is 1. The SMILES string of the molecule is C=Nc1cc(OCCCCN(C)C)c(OC)cc1/C(=N\C)Nc1ccc(Br)cc1F. The number of anilines is 1. The molecule has 2 rings (SSSR count). The van der Waals surface area contributed by atoms with Crippen molar-refractivity contribution in [1.29, 1.82) is 0 Å². The van der Waals surface area contributed by atoms with Crippen molar-refractivity contribution in [3.05, 3.63) is 46.2 Å². The maximum atomic E-state index is 14.3. The number of hydrogen-bond acceptors (Lipinski definition) is 5. The fourth-order valence-corrected chi connectivity index (χ4v) is 3.15. The zero-order valence-electron chi connectivity index (χ0n) is 17.8. The largest absolute Gasteiger partial charge is 0.493 e. The van der Waals surface area contributed by atoms with Crippen LogP contribution < -0.4 is 14.8 Å². The molecular formula is C22H28BrFN4O2. The van der Waals surface area contributed by atoms with Crippen LogP contribution >= 0.6 is 15.9 Å². The van der Waals surface area contributed by atoms with E-state index in [2.05, 4.69) is 42.8 Å². The predicted molar refractivity (Wildman–Crippen MR) is 126 cm³/mol. The van der Waals surface area contributed by atoms with Gasteiger partial charge in [0.1, 0.15) is 11.7 Å². The van der Waals surface area contributed by atoms with Crippen molar-refractivity contribution in [2.75, 3.05) is 46.7 Å². The number of unbranched alkanes of at least 4 members (excludes halogenated alkanes) is 1. The van der Waals surface area contributed by atoms with Gasteiger partial charge in [0.15, 0.2) is 11.5 Å². The van der Waals surface area contributed by atoms with E-state index in [4.69, 9.17) is 9.47 Å². The molecular weight excluding hydrogens is 451 g/mol. The van der Waals surface area contributed by atoms with E-state index in [9.17, 15) is 4.39 Å². The molecule has 0 saturated heterocycles. The highest BCUT2D eigenvalue weighted by Gasteiger charge is 2.17. The average molecular weight is 479 g/mol. The summed E-state index contributed by atoms with van der Waals surface area (Å²) in [4.78, 5) is 10.5. The maximum Gasteiger partial charge on any atom is 0.163 e. The predicted octanol–water partition coefficient (Wildman–Crippen LogP) is 5.14. The number of ether oxygens (including phenoxy) is 2. The van der Waals surface area contributed by atoms with E-state index < -0.39 is 5.82 Å². The smallest absolute Gasteiger partial charge is 0.163 e. The summed E-state index contributed by atoms with van der Waals surface area (Å²) < 4.78 is 26.4. The number of aliphatic imine (C=N–C) groups is 2. The van der Waals surface area contributed by atoms with Crippen LogP contribution in [0.3, 0.4) is 0 Å². The summed E-state index contributed by atoms with van der Waals surface area (Å²) in [5.74, 6) is 1.17. The second kappa shape index (κ2) is 11.7. The Morgan fingerprint density at radius 1 is 1.20 bits per heavy atom. The van der Waals surface area contributed by atoms with Crippen LogP contribution in [-0.2, 0) is 0 Å². The molecule has 0 unspecified atom stereocenters. The Morgan fingerprint density at radius 3 is 2.57 bits per heavy atom. The standard InChI is InChI=1S/C22H28BrFN4O2/c1-25-19-14-21(30-11-7-6-10-28(3)4)20(29-5)13-16(19)22(26-2)27-18-9-8-15(23)12-17(18)24/h8-9,12-14H,1,6-7,10-11H2,2-5H3,(H,26,27). The molecule has 0 fully saturated rings. The number of nitrogens with zero attached hydrogens (tertiary/aromatic N) is 3. The van der Waals surface area contributed by atoms with Crippen LogP contribution in [0.5, 0.6) is 11.5 Å². The molecule has 8 heteroatoms. The molecule has 0 radical (unpaired) electrons. The van der Waals surface area contributed by atoms with Gasteiger partial charge in [0.2, 0.25) is 0 Å². The lowest BCUT2D eigenvalue weighted by Crippen LogP contribution is -2.15. The normalized spacial score (nSPS) is 11.5. The molecule has 0 amide bonds. The van der Waals surface area contributed by atoms with Gasteiger partial charge in [0.05, 0.1) is 25.1 Å². The van der Waals surface area contributed by atoms with Crippen LogP contribution in [0, 0.1) is 5.82 Å². The van der Waals surface area contributed by atoms with E-state index in [-0.39, 0.29) is 0 Å². The molecule has 0 bridgehead atoms. The van der Waals surface area contributed by atoms with Gasteiger partial charge in [-0.2, -0.15) is 0 Å². The van der Waals surface area contributed by atoms with Gasteiger partial charge in [-0.25, -0.2) is 4.39 Å². The third-order valence-corrected chi connectivity index (χ3v) is 4.87. The lowest BCUT2D eigenvalue weighted by molar-refractivity contribution is 0.277. The number of hydrogen-bond donors (Lipinski definition) is 1. The van der Waals surface area contributed by atoms with Crippen molar-refractivity contribution in [2.24, 2.45) is 9.98 Å². The summed E-state index contributed by atoms with van der Waals surface area (Å²) in [5.41, 5.74) is 1.49. The topological polar surface area (TPSA) is 58.5 Å². The average Bonchev–Trinajstić information content (AvgIpc) is 2.72. The first kappa shape index (κ1) is 23.8. The number of halogens is 2. The fraction of sp³-hybridized carbons (Fsp3) is 0.364. The van der Waals surface area contributed by atoms with Crippen LogP contribution in [0.2, 0.25) is 0 Å². The number of rotatable bonds is 10. The second-order valence-electron chi connectivity index (χ2n) is 6.86. The highest BCUT2D eigenvalue weighted by molar-refractivity contribution is 9.10.